The first kappa shape index (κ1) is 9.27. The van der Waals surface area contributed by atoms with Crippen LogP contribution in [0.4, 0.5) is 0 Å². The summed E-state index contributed by atoms with van der Waals surface area (Å²) >= 11 is 0. The van der Waals surface area contributed by atoms with Crippen molar-refractivity contribution in [1.29, 1.82) is 0 Å². The van der Waals surface area contributed by atoms with E-state index in [-0.39, 0.29) is 5.92 Å². The van der Waals surface area contributed by atoms with Crippen LogP contribution in [0.25, 0.3) is 0 Å². The van der Waals surface area contributed by atoms with Crippen molar-refractivity contribution >= 4 is 5.97 Å². The maximum absolute atomic E-state index is 11.1. The lowest BCUT2D eigenvalue weighted by Gasteiger charge is -2.19. The second-order valence-electron chi connectivity index (χ2n) is 3.54. The van der Waals surface area contributed by atoms with Crippen molar-refractivity contribution in [2.75, 3.05) is 13.2 Å². The fourth-order valence-electron chi connectivity index (χ4n) is 1.91. The van der Waals surface area contributed by atoms with Crippen molar-refractivity contribution in [2.24, 2.45) is 5.92 Å². The number of nitrogens with zero attached hydrogens (tertiary/aromatic N) is 1. The van der Waals surface area contributed by atoms with Crippen molar-refractivity contribution in [1.82, 2.24) is 4.57 Å². The zero-order valence-electron chi connectivity index (χ0n) is 7.80. The largest absolute Gasteiger partial charge is 0.480 e. The predicted molar refractivity (Wildman–Crippen MR) is 50.0 cm³/mol. The van der Waals surface area contributed by atoms with E-state index >= 15 is 0 Å². The molecule has 0 unspecified atom stereocenters. The highest BCUT2D eigenvalue weighted by molar-refractivity contribution is 5.72. The molecular formula is C10H13NO3. The van der Waals surface area contributed by atoms with Crippen LogP contribution in [0.5, 0.6) is 0 Å². The molecule has 76 valence electrons. The van der Waals surface area contributed by atoms with Gasteiger partial charge < -0.3 is 14.4 Å². The van der Waals surface area contributed by atoms with E-state index < -0.39 is 12.0 Å². The monoisotopic (exact) mass is 195 g/mol. The predicted octanol–water partition coefficient (Wildman–Crippen LogP) is 1.15. The topological polar surface area (TPSA) is 51.5 Å². The number of aliphatic carboxylic acids is 1. The fraction of sp³-hybridized carbons (Fsp3) is 0.500. The number of carboxylic acid groups (broad SMARTS) is 1. The average Bonchev–Trinajstić information content (AvgIpc) is 2.75. The molecule has 1 aliphatic rings. The molecule has 0 bridgehead atoms. The van der Waals surface area contributed by atoms with Gasteiger partial charge in [0.15, 0.2) is 0 Å². The molecular weight excluding hydrogens is 182 g/mol. The molecule has 14 heavy (non-hydrogen) atoms. The van der Waals surface area contributed by atoms with Crippen LogP contribution in [0, 0.1) is 5.92 Å². The number of hydrogen-bond donors (Lipinski definition) is 1. The zero-order chi connectivity index (χ0) is 9.97. The third-order valence-electron chi connectivity index (χ3n) is 2.61. The number of carboxylic acids is 1. The van der Waals surface area contributed by atoms with E-state index in [0.29, 0.717) is 13.2 Å². The Morgan fingerprint density at radius 2 is 2.21 bits per heavy atom. The molecule has 4 heteroatoms. The molecule has 0 aliphatic carbocycles. The smallest absolute Gasteiger partial charge is 0.327 e. The van der Waals surface area contributed by atoms with Gasteiger partial charge in [0.25, 0.3) is 0 Å². The van der Waals surface area contributed by atoms with Crippen LogP contribution in [-0.4, -0.2) is 28.9 Å². The van der Waals surface area contributed by atoms with Gasteiger partial charge in [-0.1, -0.05) is 0 Å². The van der Waals surface area contributed by atoms with Crippen LogP contribution in [0.3, 0.4) is 0 Å². The van der Waals surface area contributed by atoms with Crippen LogP contribution in [0.2, 0.25) is 0 Å². The van der Waals surface area contributed by atoms with Gasteiger partial charge in [-0.15, -0.1) is 0 Å². The van der Waals surface area contributed by atoms with Gasteiger partial charge in [0, 0.05) is 24.9 Å². The van der Waals surface area contributed by atoms with E-state index in [2.05, 4.69) is 0 Å². The summed E-state index contributed by atoms with van der Waals surface area (Å²) < 4.78 is 6.95. The minimum Gasteiger partial charge on any atom is -0.480 e. The molecule has 1 aromatic rings. The number of carbonyl (C=O) groups is 1. The first-order valence-electron chi connectivity index (χ1n) is 4.72. The average molecular weight is 195 g/mol. The summed E-state index contributed by atoms with van der Waals surface area (Å²) in [7, 11) is 0. The SMILES string of the molecule is O=C(O)[C@@H]([C@@H]1CCOC1)n1cccc1. The Bertz CT molecular complexity index is 301. The maximum Gasteiger partial charge on any atom is 0.327 e. The highest BCUT2D eigenvalue weighted by Gasteiger charge is 2.31. The van der Waals surface area contributed by atoms with E-state index in [1.807, 2.05) is 12.1 Å². The number of rotatable bonds is 3. The van der Waals surface area contributed by atoms with Crippen molar-refractivity contribution in [3.8, 4) is 0 Å². The van der Waals surface area contributed by atoms with Gasteiger partial charge in [0.1, 0.15) is 6.04 Å². The summed E-state index contributed by atoms with van der Waals surface area (Å²) in [6, 6.07) is 3.20. The molecule has 1 N–H and O–H groups in total. The number of hydrogen-bond acceptors (Lipinski definition) is 2. The van der Waals surface area contributed by atoms with Crippen LogP contribution in [0.1, 0.15) is 12.5 Å². The third-order valence-corrected chi connectivity index (χ3v) is 2.61. The molecule has 1 fully saturated rings. The molecule has 0 amide bonds. The second-order valence-corrected chi connectivity index (χ2v) is 3.54. The highest BCUT2D eigenvalue weighted by Crippen LogP contribution is 2.26. The Kier molecular flexibility index (Phi) is 2.54. The van der Waals surface area contributed by atoms with Gasteiger partial charge in [0.05, 0.1) is 6.61 Å². The molecule has 0 saturated carbocycles. The van der Waals surface area contributed by atoms with E-state index in [9.17, 15) is 4.79 Å². The first-order chi connectivity index (χ1) is 6.79. The van der Waals surface area contributed by atoms with E-state index in [0.717, 1.165) is 6.42 Å². The normalized spacial score (nSPS) is 23.6. The lowest BCUT2D eigenvalue weighted by atomic mass is 9.99. The standard InChI is InChI=1S/C10H13NO3/c12-10(13)9(8-3-6-14-7-8)11-4-1-2-5-11/h1-2,4-5,8-9H,3,6-7H2,(H,12,13)/t8-,9-/m1/s1. The zero-order valence-corrected chi connectivity index (χ0v) is 7.80. The molecule has 0 aromatic carbocycles. The molecule has 4 nitrogen and oxygen atoms in total. The Hall–Kier alpha value is -1.29. The van der Waals surface area contributed by atoms with Gasteiger partial charge in [-0.3, -0.25) is 0 Å². The summed E-state index contributed by atoms with van der Waals surface area (Å²) in [6.07, 6.45) is 4.41. The van der Waals surface area contributed by atoms with Crippen molar-refractivity contribution in [3.63, 3.8) is 0 Å². The first-order valence-corrected chi connectivity index (χ1v) is 4.72. The molecule has 0 radical (unpaired) electrons. The molecule has 1 aromatic heterocycles. The van der Waals surface area contributed by atoms with Crippen molar-refractivity contribution < 1.29 is 14.6 Å². The summed E-state index contributed by atoms with van der Waals surface area (Å²) in [6.45, 7) is 1.23. The van der Waals surface area contributed by atoms with E-state index in [1.165, 1.54) is 0 Å². The Balaban J connectivity index is 2.19. The van der Waals surface area contributed by atoms with Crippen LogP contribution >= 0.6 is 0 Å². The quantitative estimate of drug-likeness (QED) is 0.787. The summed E-state index contributed by atoms with van der Waals surface area (Å²) in [4.78, 5) is 11.1. The summed E-state index contributed by atoms with van der Waals surface area (Å²) in [5, 5.41) is 9.13. The van der Waals surface area contributed by atoms with Crippen LogP contribution in [0.15, 0.2) is 24.5 Å². The lowest BCUT2D eigenvalue weighted by Crippen LogP contribution is -2.26. The number of aromatic nitrogens is 1. The Labute approximate surface area is 82.1 Å². The molecule has 2 atom stereocenters. The molecule has 2 heterocycles. The van der Waals surface area contributed by atoms with Crippen molar-refractivity contribution in [3.05, 3.63) is 24.5 Å². The van der Waals surface area contributed by atoms with Gasteiger partial charge in [-0.25, -0.2) is 4.79 Å². The molecule has 2 rings (SSSR count). The Morgan fingerprint density at radius 1 is 1.50 bits per heavy atom. The summed E-state index contributed by atoms with van der Waals surface area (Å²) in [5.74, 6) is -0.684. The van der Waals surface area contributed by atoms with E-state index in [1.54, 1.807) is 17.0 Å². The molecule has 0 spiro atoms. The van der Waals surface area contributed by atoms with Gasteiger partial charge >= 0.3 is 5.97 Å². The van der Waals surface area contributed by atoms with Gasteiger partial charge in [-0.05, 0) is 18.6 Å². The third kappa shape index (κ3) is 1.65. The van der Waals surface area contributed by atoms with Crippen LogP contribution in [-0.2, 0) is 9.53 Å². The molecule has 1 saturated heterocycles. The maximum atomic E-state index is 11.1. The van der Waals surface area contributed by atoms with E-state index in [4.69, 9.17) is 9.84 Å². The van der Waals surface area contributed by atoms with Gasteiger partial charge in [0.2, 0.25) is 0 Å². The fourth-order valence-corrected chi connectivity index (χ4v) is 1.91. The highest BCUT2D eigenvalue weighted by atomic mass is 16.5. The minimum atomic E-state index is -0.781. The number of ether oxygens (including phenoxy) is 1. The Morgan fingerprint density at radius 3 is 2.71 bits per heavy atom. The molecule has 1 aliphatic heterocycles. The van der Waals surface area contributed by atoms with Gasteiger partial charge in [-0.2, -0.15) is 0 Å². The minimum absolute atomic E-state index is 0.0971. The summed E-state index contributed by atoms with van der Waals surface area (Å²) in [5.41, 5.74) is 0. The second kappa shape index (κ2) is 3.84. The van der Waals surface area contributed by atoms with Crippen molar-refractivity contribution in [2.45, 2.75) is 12.5 Å². The lowest BCUT2D eigenvalue weighted by molar-refractivity contribution is -0.142. The van der Waals surface area contributed by atoms with Crippen LogP contribution < -0.4 is 0 Å².